The number of nitriles is 1. The zero-order valence-corrected chi connectivity index (χ0v) is 11.2. The lowest BCUT2D eigenvalue weighted by Crippen LogP contribution is -2.23. The molecule has 0 aliphatic carbocycles. The highest BCUT2D eigenvalue weighted by Crippen LogP contribution is 2.05. The molecule has 1 aromatic rings. The van der Waals surface area contributed by atoms with Gasteiger partial charge in [0.25, 0.3) is 0 Å². The first-order valence-electron chi connectivity index (χ1n) is 6.41. The fourth-order valence-electron chi connectivity index (χ4n) is 1.50. The average molecular weight is 274 g/mol. The summed E-state index contributed by atoms with van der Waals surface area (Å²) in [7, 11) is 0. The normalized spacial score (nSPS) is 10.4. The first-order chi connectivity index (χ1) is 9.76. The van der Waals surface area contributed by atoms with Gasteiger partial charge in [0.05, 0.1) is 24.8 Å². The quantitative estimate of drug-likeness (QED) is 0.549. The number of aliphatic hydroxyl groups is 1. The highest BCUT2D eigenvalue weighted by Gasteiger charge is 1.96. The zero-order chi connectivity index (χ0) is 14.6. The van der Waals surface area contributed by atoms with Crippen LogP contribution in [0.3, 0.4) is 0 Å². The van der Waals surface area contributed by atoms with Crippen LogP contribution >= 0.6 is 0 Å². The van der Waals surface area contributed by atoms with Crippen molar-refractivity contribution in [1.29, 1.82) is 5.26 Å². The zero-order valence-electron chi connectivity index (χ0n) is 11.2. The van der Waals surface area contributed by atoms with Gasteiger partial charge in [-0.05, 0) is 30.2 Å². The second-order valence-corrected chi connectivity index (χ2v) is 4.05. The molecule has 0 heterocycles. The maximum Gasteiger partial charge on any atom is 0.244 e. The number of nitrogens with one attached hydrogen (secondary N) is 1. The van der Waals surface area contributed by atoms with E-state index in [4.69, 9.17) is 15.1 Å². The molecule has 106 valence electrons. The second-order valence-electron chi connectivity index (χ2n) is 4.05. The standard InChI is InChI=1S/C15H18N2O3/c16-12-14-4-1-3-13(11-14)5-6-15(19)17-7-2-9-20-10-8-18/h1,3-6,11,18H,2,7-10H2,(H,17,19)/b6-5+. The molecular formula is C15H18N2O3. The van der Waals surface area contributed by atoms with Crippen LogP contribution in [0.1, 0.15) is 17.5 Å². The lowest BCUT2D eigenvalue weighted by Gasteiger charge is -2.03. The molecule has 0 fully saturated rings. The molecule has 2 N–H and O–H groups in total. The van der Waals surface area contributed by atoms with Crippen LogP contribution in [0.15, 0.2) is 30.3 Å². The van der Waals surface area contributed by atoms with Gasteiger partial charge in [-0.25, -0.2) is 0 Å². The summed E-state index contributed by atoms with van der Waals surface area (Å²) in [5, 5.41) is 20.0. The smallest absolute Gasteiger partial charge is 0.244 e. The molecule has 1 aromatic carbocycles. The van der Waals surface area contributed by atoms with Crippen molar-refractivity contribution in [2.24, 2.45) is 0 Å². The molecule has 0 unspecified atom stereocenters. The number of rotatable bonds is 8. The summed E-state index contributed by atoms with van der Waals surface area (Å²) >= 11 is 0. The molecule has 0 saturated carbocycles. The molecule has 0 radical (unpaired) electrons. The lowest BCUT2D eigenvalue weighted by molar-refractivity contribution is -0.116. The maximum atomic E-state index is 11.5. The minimum Gasteiger partial charge on any atom is -0.394 e. The fourth-order valence-corrected chi connectivity index (χ4v) is 1.50. The first-order valence-corrected chi connectivity index (χ1v) is 6.41. The molecule has 20 heavy (non-hydrogen) atoms. The molecule has 0 aliphatic rings. The Hall–Kier alpha value is -2.16. The summed E-state index contributed by atoms with van der Waals surface area (Å²) in [5.74, 6) is -0.186. The van der Waals surface area contributed by atoms with E-state index in [2.05, 4.69) is 5.32 Å². The van der Waals surface area contributed by atoms with Crippen molar-refractivity contribution >= 4 is 12.0 Å². The Morgan fingerprint density at radius 3 is 3.05 bits per heavy atom. The number of carbonyl (C=O) groups is 1. The van der Waals surface area contributed by atoms with Gasteiger partial charge in [0.15, 0.2) is 0 Å². The van der Waals surface area contributed by atoms with E-state index in [0.29, 0.717) is 31.7 Å². The van der Waals surface area contributed by atoms with Gasteiger partial charge < -0.3 is 15.2 Å². The van der Waals surface area contributed by atoms with Crippen LogP contribution < -0.4 is 5.32 Å². The van der Waals surface area contributed by atoms with E-state index in [1.165, 1.54) is 6.08 Å². The maximum absolute atomic E-state index is 11.5. The summed E-state index contributed by atoms with van der Waals surface area (Å²) < 4.78 is 5.07. The van der Waals surface area contributed by atoms with Crippen LogP contribution in [-0.4, -0.2) is 37.4 Å². The number of hydrogen-bond donors (Lipinski definition) is 2. The number of carbonyl (C=O) groups excluding carboxylic acids is 1. The summed E-state index contributed by atoms with van der Waals surface area (Å²) in [5.41, 5.74) is 1.37. The van der Waals surface area contributed by atoms with Crippen LogP contribution in [0.4, 0.5) is 0 Å². The van der Waals surface area contributed by atoms with Crippen molar-refractivity contribution in [1.82, 2.24) is 5.32 Å². The van der Waals surface area contributed by atoms with E-state index >= 15 is 0 Å². The highest BCUT2D eigenvalue weighted by atomic mass is 16.5. The minimum absolute atomic E-state index is 0.0108. The van der Waals surface area contributed by atoms with Crippen molar-refractivity contribution in [2.75, 3.05) is 26.4 Å². The molecular weight excluding hydrogens is 256 g/mol. The predicted octanol–water partition coefficient (Wildman–Crippen LogP) is 1.09. The number of amides is 1. The van der Waals surface area contributed by atoms with Gasteiger partial charge >= 0.3 is 0 Å². The molecule has 0 spiro atoms. The monoisotopic (exact) mass is 274 g/mol. The molecule has 0 aromatic heterocycles. The van der Waals surface area contributed by atoms with Gasteiger partial charge in [0.2, 0.25) is 5.91 Å². The van der Waals surface area contributed by atoms with Crippen molar-refractivity contribution in [3.63, 3.8) is 0 Å². The Bertz CT molecular complexity index is 492. The third-order valence-electron chi connectivity index (χ3n) is 2.44. The molecule has 5 nitrogen and oxygen atoms in total. The van der Waals surface area contributed by atoms with E-state index in [-0.39, 0.29) is 12.5 Å². The number of nitrogens with zero attached hydrogens (tertiary/aromatic N) is 1. The van der Waals surface area contributed by atoms with Crippen molar-refractivity contribution in [3.05, 3.63) is 41.5 Å². The van der Waals surface area contributed by atoms with Crippen molar-refractivity contribution < 1.29 is 14.6 Å². The van der Waals surface area contributed by atoms with Gasteiger partial charge in [0.1, 0.15) is 0 Å². The van der Waals surface area contributed by atoms with E-state index in [1.807, 2.05) is 12.1 Å². The predicted molar refractivity (Wildman–Crippen MR) is 75.7 cm³/mol. The van der Waals surface area contributed by atoms with Crippen LogP contribution in [0.25, 0.3) is 6.08 Å². The average Bonchev–Trinajstić information content (AvgIpc) is 2.49. The number of hydrogen-bond acceptors (Lipinski definition) is 4. The molecule has 0 aliphatic heterocycles. The Morgan fingerprint density at radius 2 is 2.30 bits per heavy atom. The lowest BCUT2D eigenvalue weighted by atomic mass is 10.1. The number of ether oxygens (including phenoxy) is 1. The number of aliphatic hydroxyl groups excluding tert-OH is 1. The Balaban J connectivity index is 2.27. The Labute approximate surface area is 118 Å². The van der Waals surface area contributed by atoms with Gasteiger partial charge in [-0.2, -0.15) is 5.26 Å². The third kappa shape index (κ3) is 6.69. The van der Waals surface area contributed by atoms with Crippen molar-refractivity contribution in [3.8, 4) is 6.07 Å². The highest BCUT2D eigenvalue weighted by molar-refractivity contribution is 5.91. The summed E-state index contributed by atoms with van der Waals surface area (Å²) in [4.78, 5) is 11.5. The summed E-state index contributed by atoms with van der Waals surface area (Å²) in [6.07, 6.45) is 3.80. The molecule has 1 rings (SSSR count). The summed E-state index contributed by atoms with van der Waals surface area (Å²) in [6, 6.07) is 9.07. The molecule has 0 bridgehead atoms. The van der Waals surface area contributed by atoms with Gasteiger partial charge in [-0.1, -0.05) is 12.1 Å². The molecule has 1 amide bonds. The third-order valence-corrected chi connectivity index (χ3v) is 2.44. The van der Waals surface area contributed by atoms with E-state index < -0.39 is 0 Å². The second kappa shape index (κ2) is 9.73. The van der Waals surface area contributed by atoms with Gasteiger partial charge in [-0.3, -0.25) is 4.79 Å². The first kappa shape index (κ1) is 15.9. The number of benzene rings is 1. The van der Waals surface area contributed by atoms with E-state index in [1.54, 1.807) is 24.3 Å². The van der Waals surface area contributed by atoms with E-state index in [0.717, 1.165) is 5.56 Å². The topological polar surface area (TPSA) is 82.4 Å². The molecule has 0 saturated heterocycles. The van der Waals surface area contributed by atoms with Gasteiger partial charge in [0, 0.05) is 19.2 Å². The summed E-state index contributed by atoms with van der Waals surface area (Å²) in [6.45, 7) is 1.36. The minimum atomic E-state index is -0.186. The van der Waals surface area contributed by atoms with Crippen LogP contribution in [0.2, 0.25) is 0 Å². The fraction of sp³-hybridized carbons (Fsp3) is 0.333. The molecule has 5 heteroatoms. The molecule has 0 atom stereocenters. The van der Waals surface area contributed by atoms with Crippen molar-refractivity contribution in [2.45, 2.75) is 6.42 Å². The largest absolute Gasteiger partial charge is 0.394 e. The van der Waals surface area contributed by atoms with Crippen LogP contribution in [0.5, 0.6) is 0 Å². The van der Waals surface area contributed by atoms with Crippen LogP contribution in [0, 0.1) is 11.3 Å². The Morgan fingerprint density at radius 1 is 1.45 bits per heavy atom. The SMILES string of the molecule is N#Cc1cccc(/C=C/C(=O)NCCCOCCO)c1. The Kier molecular flexibility index (Phi) is 7.73. The van der Waals surface area contributed by atoms with E-state index in [9.17, 15) is 4.79 Å². The van der Waals surface area contributed by atoms with Crippen LogP contribution in [-0.2, 0) is 9.53 Å². The van der Waals surface area contributed by atoms with Gasteiger partial charge in [-0.15, -0.1) is 0 Å².